The van der Waals surface area contributed by atoms with Crippen LogP contribution in [0.4, 0.5) is 0 Å². The fourth-order valence-corrected chi connectivity index (χ4v) is 3.38. The molecule has 2 rings (SSSR count). The number of benzene rings is 2. The Hall–Kier alpha value is -2.50. The summed E-state index contributed by atoms with van der Waals surface area (Å²) in [5.74, 6) is -0.352. The highest BCUT2D eigenvalue weighted by Gasteiger charge is 2.32. The molecule has 0 aliphatic carbocycles. The summed E-state index contributed by atoms with van der Waals surface area (Å²) >= 11 is 0. The lowest BCUT2D eigenvalue weighted by atomic mass is 9.92. The van der Waals surface area contributed by atoms with Crippen LogP contribution >= 0.6 is 0 Å². The second-order valence-electron chi connectivity index (χ2n) is 8.32. The molecule has 0 fully saturated rings. The summed E-state index contributed by atoms with van der Waals surface area (Å²) in [5, 5.41) is 5.85. The van der Waals surface area contributed by atoms with Gasteiger partial charge in [0.1, 0.15) is 6.04 Å². The van der Waals surface area contributed by atoms with Gasteiger partial charge in [-0.3, -0.25) is 9.59 Å². The summed E-state index contributed by atoms with van der Waals surface area (Å²) < 4.78 is 0. The third kappa shape index (κ3) is 6.51. The number of hydrogen-bond donors (Lipinski definition) is 3. The van der Waals surface area contributed by atoms with Crippen LogP contribution in [0.5, 0.6) is 0 Å². The SMILES string of the molecule is CN[C@@H](CCc1ccc(-c2ccc(C)cc2)cc1)C(=O)NC(C(C)=O)C(C)(C)N. The molecule has 0 radical (unpaired) electrons. The molecule has 2 atom stereocenters. The van der Waals surface area contributed by atoms with Crippen LogP contribution in [0, 0.1) is 6.92 Å². The van der Waals surface area contributed by atoms with Crippen LogP contribution in [0.3, 0.4) is 0 Å². The fourth-order valence-electron chi connectivity index (χ4n) is 3.38. The molecule has 0 saturated carbocycles. The molecule has 0 spiro atoms. The van der Waals surface area contributed by atoms with Gasteiger partial charge in [-0.1, -0.05) is 54.1 Å². The van der Waals surface area contributed by atoms with E-state index in [0.717, 1.165) is 12.0 Å². The third-order valence-corrected chi connectivity index (χ3v) is 5.16. The molecular formula is C24H33N3O2. The number of carbonyl (C=O) groups excluding carboxylic acids is 2. The highest BCUT2D eigenvalue weighted by molar-refractivity contribution is 5.90. The minimum Gasteiger partial charge on any atom is -0.343 e. The van der Waals surface area contributed by atoms with Gasteiger partial charge in [0, 0.05) is 5.54 Å². The van der Waals surface area contributed by atoms with Crippen LogP contribution in [0.15, 0.2) is 48.5 Å². The Morgan fingerprint density at radius 1 is 1.00 bits per heavy atom. The summed E-state index contributed by atoms with van der Waals surface area (Å²) in [6.45, 7) is 7.00. The summed E-state index contributed by atoms with van der Waals surface area (Å²) in [6, 6.07) is 15.8. The molecule has 4 N–H and O–H groups in total. The number of Topliss-reactive ketones (excluding diaryl/α,β-unsaturated/α-hetero) is 1. The van der Waals surface area contributed by atoms with E-state index in [-0.39, 0.29) is 11.7 Å². The lowest BCUT2D eigenvalue weighted by Crippen LogP contribution is -2.60. The molecule has 5 nitrogen and oxygen atoms in total. The maximum atomic E-state index is 12.6. The van der Waals surface area contributed by atoms with Crippen molar-refractivity contribution in [3.63, 3.8) is 0 Å². The van der Waals surface area contributed by atoms with Crippen molar-refractivity contribution in [1.29, 1.82) is 0 Å². The lowest BCUT2D eigenvalue weighted by Gasteiger charge is -2.30. The van der Waals surface area contributed by atoms with Crippen LogP contribution in [-0.2, 0) is 16.0 Å². The van der Waals surface area contributed by atoms with Crippen molar-refractivity contribution in [3.05, 3.63) is 59.7 Å². The molecule has 156 valence electrons. The molecule has 2 aromatic rings. The Morgan fingerprint density at radius 3 is 1.97 bits per heavy atom. The number of aryl methyl sites for hydroxylation is 2. The van der Waals surface area contributed by atoms with Crippen molar-refractivity contribution in [1.82, 2.24) is 10.6 Å². The van der Waals surface area contributed by atoms with Gasteiger partial charge in [-0.2, -0.15) is 0 Å². The molecule has 1 unspecified atom stereocenters. The molecular weight excluding hydrogens is 362 g/mol. The molecule has 1 amide bonds. The quantitative estimate of drug-likeness (QED) is 0.609. The van der Waals surface area contributed by atoms with E-state index in [2.05, 4.69) is 66.1 Å². The van der Waals surface area contributed by atoms with Crippen LogP contribution in [-0.4, -0.2) is 36.4 Å². The number of hydrogen-bond acceptors (Lipinski definition) is 4. The van der Waals surface area contributed by atoms with Crippen molar-refractivity contribution in [3.8, 4) is 11.1 Å². The van der Waals surface area contributed by atoms with Crippen LogP contribution < -0.4 is 16.4 Å². The largest absolute Gasteiger partial charge is 0.343 e. The number of amides is 1. The van der Waals surface area contributed by atoms with Crippen molar-refractivity contribution < 1.29 is 9.59 Å². The number of rotatable bonds is 9. The zero-order chi connectivity index (χ0) is 21.6. The third-order valence-electron chi connectivity index (χ3n) is 5.16. The normalized spacial score (nSPS) is 13.6. The first kappa shape index (κ1) is 22.8. The zero-order valence-electron chi connectivity index (χ0n) is 18.1. The van der Waals surface area contributed by atoms with E-state index >= 15 is 0 Å². The minimum absolute atomic E-state index is 0.146. The first-order valence-corrected chi connectivity index (χ1v) is 10.0. The van der Waals surface area contributed by atoms with E-state index in [1.54, 1.807) is 20.9 Å². The van der Waals surface area contributed by atoms with Gasteiger partial charge in [-0.15, -0.1) is 0 Å². The summed E-state index contributed by atoms with van der Waals surface area (Å²) in [4.78, 5) is 24.5. The molecule has 0 aliphatic heterocycles. The average Bonchev–Trinajstić information content (AvgIpc) is 2.66. The second kappa shape index (κ2) is 9.81. The van der Waals surface area contributed by atoms with Gasteiger partial charge in [0.25, 0.3) is 0 Å². The molecule has 2 aromatic carbocycles. The first-order valence-electron chi connectivity index (χ1n) is 10.0. The van der Waals surface area contributed by atoms with Gasteiger partial charge in [0.05, 0.1) is 6.04 Å². The van der Waals surface area contributed by atoms with E-state index in [1.807, 2.05) is 0 Å². The van der Waals surface area contributed by atoms with E-state index in [0.29, 0.717) is 6.42 Å². The number of likely N-dealkylation sites (N-methyl/N-ethyl adjacent to an activating group) is 1. The van der Waals surface area contributed by atoms with Gasteiger partial charge in [-0.05, 0) is 64.3 Å². The van der Waals surface area contributed by atoms with E-state index in [4.69, 9.17) is 5.73 Å². The predicted octanol–water partition coefficient (Wildman–Crippen LogP) is 2.99. The smallest absolute Gasteiger partial charge is 0.237 e. The van der Waals surface area contributed by atoms with Crippen LogP contribution in [0.2, 0.25) is 0 Å². The minimum atomic E-state index is -0.814. The van der Waals surface area contributed by atoms with Crippen molar-refractivity contribution in [2.45, 2.75) is 58.2 Å². The topological polar surface area (TPSA) is 84.2 Å². The number of nitrogens with two attached hydrogens (primary N) is 1. The first-order chi connectivity index (χ1) is 13.6. The maximum Gasteiger partial charge on any atom is 0.237 e. The Kier molecular flexibility index (Phi) is 7.71. The number of carbonyl (C=O) groups is 2. The molecule has 0 heterocycles. The van der Waals surface area contributed by atoms with Crippen LogP contribution in [0.25, 0.3) is 11.1 Å². The highest BCUT2D eigenvalue weighted by atomic mass is 16.2. The van der Waals surface area contributed by atoms with Gasteiger partial charge < -0.3 is 16.4 Å². The Balaban J connectivity index is 1.98. The highest BCUT2D eigenvalue weighted by Crippen LogP contribution is 2.21. The molecule has 29 heavy (non-hydrogen) atoms. The Labute approximate surface area is 174 Å². The number of nitrogens with one attached hydrogen (secondary N) is 2. The zero-order valence-corrected chi connectivity index (χ0v) is 18.1. The number of ketones is 1. The van der Waals surface area contributed by atoms with Gasteiger partial charge in [0.2, 0.25) is 5.91 Å². The van der Waals surface area contributed by atoms with Crippen molar-refractivity contribution in [2.24, 2.45) is 5.73 Å². The van der Waals surface area contributed by atoms with Gasteiger partial charge >= 0.3 is 0 Å². The molecule has 0 saturated heterocycles. The van der Waals surface area contributed by atoms with Crippen molar-refractivity contribution >= 4 is 11.7 Å². The standard InChI is InChI=1S/C24H33N3O2/c1-16-6-11-19(12-7-16)20-13-8-18(9-14-20)10-15-21(26-5)23(29)27-22(17(2)28)24(3,4)25/h6-9,11-14,21-22,26H,10,15,25H2,1-5H3,(H,27,29)/t21-,22?/m0/s1. The molecule has 0 aromatic heterocycles. The van der Waals surface area contributed by atoms with Gasteiger partial charge in [-0.25, -0.2) is 0 Å². The van der Waals surface area contributed by atoms with E-state index in [1.165, 1.54) is 23.6 Å². The maximum absolute atomic E-state index is 12.6. The second-order valence-corrected chi connectivity index (χ2v) is 8.32. The Bertz CT molecular complexity index is 821. The van der Waals surface area contributed by atoms with E-state index in [9.17, 15) is 9.59 Å². The summed E-state index contributed by atoms with van der Waals surface area (Å²) in [5.41, 5.74) is 10.0. The van der Waals surface area contributed by atoms with Crippen LogP contribution in [0.1, 0.15) is 38.3 Å². The predicted molar refractivity (Wildman–Crippen MR) is 119 cm³/mol. The van der Waals surface area contributed by atoms with Gasteiger partial charge in [0.15, 0.2) is 5.78 Å². The average molecular weight is 396 g/mol. The lowest BCUT2D eigenvalue weighted by molar-refractivity contribution is -0.129. The molecule has 0 bridgehead atoms. The van der Waals surface area contributed by atoms with E-state index < -0.39 is 17.6 Å². The monoisotopic (exact) mass is 395 g/mol. The molecule has 0 aliphatic rings. The fraction of sp³-hybridized carbons (Fsp3) is 0.417. The summed E-state index contributed by atoms with van der Waals surface area (Å²) in [7, 11) is 1.75. The summed E-state index contributed by atoms with van der Waals surface area (Å²) in [6.07, 6.45) is 1.38. The molecule has 5 heteroatoms. The van der Waals surface area contributed by atoms with Crippen molar-refractivity contribution in [2.75, 3.05) is 7.05 Å². The Morgan fingerprint density at radius 2 is 1.52 bits per heavy atom.